The van der Waals surface area contributed by atoms with Gasteiger partial charge in [0.15, 0.2) is 0 Å². The molecule has 0 aromatic heterocycles. The smallest absolute Gasteiger partial charge is 1.00 e. The summed E-state index contributed by atoms with van der Waals surface area (Å²) in [7, 11) is 0. The Morgan fingerprint density at radius 2 is 1.00 bits per heavy atom. The van der Waals surface area contributed by atoms with E-state index in [0.29, 0.717) is 7.25 Å². The van der Waals surface area contributed by atoms with Crippen molar-refractivity contribution in [1.29, 1.82) is 0 Å². The van der Waals surface area contributed by atoms with E-state index in [9.17, 15) is 0 Å². The molecule has 40 heavy (non-hydrogen) atoms. The number of hydrogen-bond donors (Lipinski definition) is 0. The van der Waals surface area contributed by atoms with Gasteiger partial charge in [0.25, 0.3) is 0 Å². The van der Waals surface area contributed by atoms with Gasteiger partial charge in [0, 0.05) is 0 Å². The Kier molecular flexibility index (Phi) is 8.58. The standard InChI is InChI=1S/C13H9.C13H10.C11H11.2ClH.Zr/c1-3-7-12-10(5-1)9-11-6-2-4-8-13(11)12;1-3-7-12(8-4-1)11-13-9-5-2-6-10-13;1-8-4-3-5-10-7-6-9(2)11(8)10;;;/h1-9H;1-10H;3-7H,1-2H3;2*1H;/q;;;;;+2/p-2. The van der Waals surface area contributed by atoms with Crippen LogP contribution in [-0.4, -0.2) is 3.21 Å². The molecule has 5 aromatic carbocycles. The average molecular weight is 637 g/mol. The number of benzene rings is 5. The molecule has 1 atom stereocenters. The molecule has 0 saturated carbocycles. The molecule has 2 aliphatic rings. The molecule has 0 spiro atoms. The summed E-state index contributed by atoms with van der Waals surface area (Å²) in [5, 5.41) is 0. The number of hydrogen-bond acceptors (Lipinski definition) is 0. The number of halogens is 2. The predicted octanol–water partition coefficient (Wildman–Crippen LogP) is 3.12. The van der Waals surface area contributed by atoms with Crippen LogP contribution in [0.3, 0.4) is 0 Å². The van der Waals surface area contributed by atoms with Crippen molar-refractivity contribution in [1.82, 2.24) is 0 Å². The summed E-state index contributed by atoms with van der Waals surface area (Å²) >= 11 is -2.69. The second-order valence-electron chi connectivity index (χ2n) is 10.5. The molecule has 5 aromatic rings. The van der Waals surface area contributed by atoms with Gasteiger partial charge in [-0.3, -0.25) is 0 Å². The Labute approximate surface area is 257 Å². The van der Waals surface area contributed by atoms with Gasteiger partial charge in [0.05, 0.1) is 0 Å². The minimum absolute atomic E-state index is 0. The van der Waals surface area contributed by atoms with Crippen LogP contribution in [0.5, 0.6) is 0 Å². The second kappa shape index (κ2) is 12.0. The van der Waals surface area contributed by atoms with Crippen LogP contribution in [0.4, 0.5) is 0 Å². The van der Waals surface area contributed by atoms with E-state index in [1.807, 2.05) is 0 Å². The maximum absolute atomic E-state index is 2.69. The zero-order chi connectivity index (χ0) is 25.6. The van der Waals surface area contributed by atoms with Crippen molar-refractivity contribution in [2.45, 2.75) is 21.1 Å². The molecule has 0 aliphatic heterocycles. The first kappa shape index (κ1) is 28.7. The van der Waals surface area contributed by atoms with Crippen molar-refractivity contribution in [3.8, 4) is 11.1 Å². The SMILES string of the molecule is CC1=C[CH]([Zr+2](=[C](c2ccccc2)c2ccccc2)[CH]2c3ccccc3-c3ccccc32)c2cccc(C)c21.[Cl-].[Cl-]. The van der Waals surface area contributed by atoms with Crippen LogP contribution in [-0.2, 0) is 21.3 Å². The summed E-state index contributed by atoms with van der Waals surface area (Å²) in [6.45, 7) is 4.61. The number of aryl methyl sites for hydroxylation is 1. The van der Waals surface area contributed by atoms with Crippen LogP contribution >= 0.6 is 0 Å². The fourth-order valence-electron chi connectivity index (χ4n) is 6.85. The predicted molar refractivity (Wildman–Crippen MR) is 157 cm³/mol. The first-order valence-electron chi connectivity index (χ1n) is 13.5. The van der Waals surface area contributed by atoms with Crippen LogP contribution in [0.25, 0.3) is 16.7 Å². The third-order valence-electron chi connectivity index (χ3n) is 8.34. The Balaban J connectivity index is 0.00000161. The van der Waals surface area contributed by atoms with Crippen LogP contribution in [0.15, 0.2) is 133 Å². The average Bonchev–Trinajstić information content (AvgIpc) is 3.48. The van der Waals surface area contributed by atoms with Crippen molar-refractivity contribution in [2.24, 2.45) is 0 Å². The quantitative estimate of drug-likeness (QED) is 0.285. The van der Waals surface area contributed by atoms with Gasteiger partial charge in [-0.05, 0) is 0 Å². The molecule has 2 aliphatic carbocycles. The van der Waals surface area contributed by atoms with Gasteiger partial charge in [-0.25, -0.2) is 0 Å². The van der Waals surface area contributed by atoms with Gasteiger partial charge in [-0.1, -0.05) is 0 Å². The van der Waals surface area contributed by atoms with Crippen LogP contribution in [0.1, 0.15) is 53.1 Å². The monoisotopic (exact) mass is 634 g/mol. The minimum Gasteiger partial charge on any atom is -1.00 e. The van der Waals surface area contributed by atoms with Crippen molar-refractivity contribution in [3.63, 3.8) is 0 Å². The summed E-state index contributed by atoms with van der Waals surface area (Å²) < 4.78 is 2.53. The summed E-state index contributed by atoms with van der Waals surface area (Å²) in [4.78, 5) is 0. The number of rotatable bonds is 4. The summed E-state index contributed by atoms with van der Waals surface area (Å²) in [5.41, 5.74) is 14.6. The van der Waals surface area contributed by atoms with E-state index in [-0.39, 0.29) is 24.8 Å². The Morgan fingerprint density at radius 3 is 1.55 bits per heavy atom. The molecule has 0 bridgehead atoms. The number of allylic oxidation sites excluding steroid dienone is 2. The first-order valence-corrected chi connectivity index (χ1v) is 17.6. The minimum atomic E-state index is -2.69. The van der Waals surface area contributed by atoms with E-state index in [4.69, 9.17) is 0 Å². The number of fused-ring (bicyclic) bond motifs is 4. The maximum atomic E-state index is 2.64. The molecule has 0 radical (unpaired) electrons. The van der Waals surface area contributed by atoms with Gasteiger partial charge in [-0.2, -0.15) is 0 Å². The first-order chi connectivity index (χ1) is 18.7. The van der Waals surface area contributed by atoms with Gasteiger partial charge >= 0.3 is 235 Å². The third-order valence-corrected chi connectivity index (χ3v) is 17.1. The molecule has 0 saturated heterocycles. The van der Waals surface area contributed by atoms with Crippen molar-refractivity contribution in [3.05, 3.63) is 172 Å². The summed E-state index contributed by atoms with van der Waals surface area (Å²) in [6.07, 6.45) is 2.64. The van der Waals surface area contributed by atoms with Gasteiger partial charge in [-0.15, -0.1) is 0 Å². The van der Waals surface area contributed by atoms with E-state index in [1.165, 1.54) is 50.1 Å². The molecule has 1 unspecified atom stereocenters. The van der Waals surface area contributed by atoms with Crippen molar-refractivity contribution < 1.29 is 46.1 Å². The molecule has 0 heterocycles. The molecule has 0 N–H and O–H groups in total. The second-order valence-corrected chi connectivity index (χ2v) is 17.0. The van der Waals surface area contributed by atoms with E-state index in [1.54, 1.807) is 8.77 Å². The van der Waals surface area contributed by atoms with Gasteiger partial charge in [0.2, 0.25) is 0 Å². The van der Waals surface area contributed by atoms with Crippen LogP contribution in [0, 0.1) is 6.92 Å². The Morgan fingerprint density at radius 1 is 0.525 bits per heavy atom. The van der Waals surface area contributed by atoms with E-state index in [2.05, 4.69) is 147 Å². The molecule has 0 amide bonds. The molecular weight excluding hydrogens is 607 g/mol. The zero-order valence-electron chi connectivity index (χ0n) is 22.6. The Bertz CT molecular complexity index is 1650. The van der Waals surface area contributed by atoms with E-state index >= 15 is 0 Å². The maximum Gasteiger partial charge on any atom is -1.00 e. The molecule has 7 rings (SSSR count). The van der Waals surface area contributed by atoms with E-state index in [0.717, 1.165) is 0 Å². The van der Waals surface area contributed by atoms with Crippen molar-refractivity contribution in [2.75, 3.05) is 0 Å². The fourth-order valence-corrected chi connectivity index (χ4v) is 17.0. The normalized spacial score (nSPS) is 14.4. The summed E-state index contributed by atoms with van der Waals surface area (Å²) in [6, 6.07) is 47.9. The molecular formula is C37H30Cl2Zr. The van der Waals surface area contributed by atoms with E-state index < -0.39 is 21.3 Å². The van der Waals surface area contributed by atoms with Gasteiger partial charge in [0.1, 0.15) is 0 Å². The fraction of sp³-hybridized carbons (Fsp3) is 0.108. The topological polar surface area (TPSA) is 0 Å². The van der Waals surface area contributed by atoms with Crippen LogP contribution < -0.4 is 24.8 Å². The Hall–Kier alpha value is -2.83. The van der Waals surface area contributed by atoms with Crippen LogP contribution in [0.2, 0.25) is 0 Å². The van der Waals surface area contributed by atoms with Crippen molar-refractivity contribution >= 4 is 8.78 Å². The molecule has 0 fully saturated rings. The zero-order valence-corrected chi connectivity index (χ0v) is 26.6. The summed E-state index contributed by atoms with van der Waals surface area (Å²) in [5.74, 6) is 0. The molecule has 0 nitrogen and oxygen atoms in total. The van der Waals surface area contributed by atoms with Gasteiger partial charge < -0.3 is 24.8 Å². The largest absolute Gasteiger partial charge is 1.00 e. The third kappa shape index (κ3) is 4.73. The molecule has 196 valence electrons. The molecule has 3 heteroatoms.